The van der Waals surface area contributed by atoms with Gasteiger partial charge in [-0.25, -0.2) is 23.7 Å². The number of ether oxygens (including phenoxy) is 2. The lowest BCUT2D eigenvalue weighted by atomic mass is 9.92. The highest BCUT2D eigenvalue weighted by molar-refractivity contribution is 7.13. The second-order valence-corrected chi connectivity index (χ2v) is 8.28. The molecule has 0 atom stereocenters. The summed E-state index contributed by atoms with van der Waals surface area (Å²) in [6, 6.07) is -0.0816. The molecule has 7 nitrogen and oxygen atoms in total. The quantitative estimate of drug-likeness (QED) is 0.782. The summed E-state index contributed by atoms with van der Waals surface area (Å²) in [6.45, 7) is 4.53. The Morgan fingerprint density at radius 1 is 1.21 bits per heavy atom. The van der Waals surface area contributed by atoms with Crippen molar-refractivity contribution in [3.63, 3.8) is 0 Å². The second-order valence-electron chi connectivity index (χ2n) is 7.42. The van der Waals surface area contributed by atoms with Crippen molar-refractivity contribution in [2.24, 2.45) is 0 Å². The van der Waals surface area contributed by atoms with Crippen LogP contribution in [0.5, 0.6) is 5.75 Å². The molecule has 1 aliphatic heterocycles. The smallest absolute Gasteiger partial charge is 0.248 e. The average molecular weight is 426 g/mol. The van der Waals surface area contributed by atoms with Crippen molar-refractivity contribution in [1.82, 2.24) is 15.0 Å². The van der Waals surface area contributed by atoms with Crippen molar-refractivity contribution < 1.29 is 18.3 Å². The summed E-state index contributed by atoms with van der Waals surface area (Å²) in [6.07, 6.45) is 0.539. The summed E-state index contributed by atoms with van der Waals surface area (Å²) in [5, 5.41) is 6.02. The van der Waals surface area contributed by atoms with Gasteiger partial charge in [0.05, 0.1) is 20.3 Å². The summed E-state index contributed by atoms with van der Waals surface area (Å²) >= 11 is 1.48. The van der Waals surface area contributed by atoms with Gasteiger partial charge in [-0.05, 0) is 19.8 Å². The van der Waals surface area contributed by atoms with Crippen molar-refractivity contribution >= 4 is 23.0 Å². The fourth-order valence-corrected chi connectivity index (χ4v) is 4.37. The summed E-state index contributed by atoms with van der Waals surface area (Å²) < 4.78 is 38.2. The Kier molecular flexibility index (Phi) is 5.82. The highest BCUT2D eigenvalue weighted by atomic mass is 32.1. The van der Waals surface area contributed by atoms with Crippen LogP contribution in [0.15, 0.2) is 5.38 Å². The Labute approximate surface area is 172 Å². The topological polar surface area (TPSA) is 72.4 Å². The maximum atomic E-state index is 13.6. The molecule has 0 unspecified atom stereocenters. The first-order valence-electron chi connectivity index (χ1n) is 9.81. The Morgan fingerprint density at radius 2 is 1.93 bits per heavy atom. The van der Waals surface area contributed by atoms with Crippen LogP contribution >= 0.6 is 11.3 Å². The summed E-state index contributed by atoms with van der Waals surface area (Å²) in [4.78, 5) is 16.0. The molecule has 2 aromatic heterocycles. The molecule has 2 fully saturated rings. The van der Waals surface area contributed by atoms with Gasteiger partial charge in [-0.1, -0.05) is 0 Å². The van der Waals surface area contributed by atoms with Crippen LogP contribution in [0.2, 0.25) is 0 Å². The van der Waals surface area contributed by atoms with E-state index in [4.69, 9.17) is 14.5 Å². The number of nitrogens with one attached hydrogen (secondary N) is 1. The third kappa shape index (κ3) is 4.58. The van der Waals surface area contributed by atoms with Gasteiger partial charge in [0, 0.05) is 43.0 Å². The molecule has 10 heteroatoms. The molecule has 0 radical (unpaired) electrons. The van der Waals surface area contributed by atoms with Crippen LogP contribution in [0.3, 0.4) is 0 Å². The number of hydrogen-bond donors (Lipinski definition) is 1. The number of anilines is 2. The number of hydrogen-bond acceptors (Lipinski definition) is 8. The molecule has 1 aliphatic carbocycles. The minimum absolute atomic E-state index is 0.0816. The van der Waals surface area contributed by atoms with Crippen molar-refractivity contribution in [2.75, 3.05) is 43.6 Å². The van der Waals surface area contributed by atoms with E-state index in [1.807, 2.05) is 12.3 Å². The molecule has 0 aromatic carbocycles. The predicted molar refractivity (Wildman–Crippen MR) is 108 cm³/mol. The molecule has 29 heavy (non-hydrogen) atoms. The lowest BCUT2D eigenvalue weighted by Crippen LogP contribution is -2.37. The molecule has 4 rings (SSSR count). The van der Waals surface area contributed by atoms with Gasteiger partial charge in [-0.3, -0.25) is 0 Å². The Hall–Kier alpha value is -2.07. The van der Waals surface area contributed by atoms with Crippen LogP contribution in [0.25, 0.3) is 10.8 Å². The number of thiazole rings is 1. The molecule has 2 aromatic rings. The van der Waals surface area contributed by atoms with Crippen LogP contribution in [0.1, 0.15) is 31.4 Å². The minimum atomic E-state index is -2.57. The van der Waals surface area contributed by atoms with Crippen LogP contribution in [0, 0.1) is 6.92 Å². The van der Waals surface area contributed by atoms with Crippen LogP contribution < -0.4 is 15.0 Å². The average Bonchev–Trinajstić information content (AvgIpc) is 3.16. The minimum Gasteiger partial charge on any atom is -0.490 e. The number of alkyl halides is 2. The Morgan fingerprint density at radius 3 is 2.55 bits per heavy atom. The number of nitrogens with zero attached hydrogens (tertiary/aromatic N) is 4. The van der Waals surface area contributed by atoms with E-state index in [0.29, 0.717) is 62.4 Å². The van der Waals surface area contributed by atoms with Gasteiger partial charge in [0.25, 0.3) is 0 Å². The first-order valence-corrected chi connectivity index (χ1v) is 10.7. The monoisotopic (exact) mass is 425 g/mol. The van der Waals surface area contributed by atoms with E-state index in [1.165, 1.54) is 11.3 Å². The van der Waals surface area contributed by atoms with Gasteiger partial charge in [0.1, 0.15) is 0 Å². The zero-order valence-corrected chi connectivity index (χ0v) is 17.4. The summed E-state index contributed by atoms with van der Waals surface area (Å²) in [5.74, 6) is -0.328. The maximum absolute atomic E-state index is 13.6. The van der Waals surface area contributed by atoms with Crippen molar-refractivity contribution in [2.45, 2.75) is 44.6 Å². The lowest BCUT2D eigenvalue weighted by Gasteiger charge is -2.32. The van der Waals surface area contributed by atoms with Gasteiger partial charge < -0.3 is 19.7 Å². The van der Waals surface area contributed by atoms with Crippen LogP contribution in [0.4, 0.5) is 20.4 Å². The van der Waals surface area contributed by atoms with Gasteiger partial charge in [-0.15, -0.1) is 11.3 Å². The van der Waals surface area contributed by atoms with E-state index in [0.717, 1.165) is 10.7 Å². The van der Waals surface area contributed by atoms with Crippen LogP contribution in [-0.2, 0) is 4.74 Å². The molecular weight excluding hydrogens is 400 g/mol. The van der Waals surface area contributed by atoms with E-state index in [1.54, 1.807) is 7.11 Å². The number of aryl methyl sites for hydroxylation is 1. The number of halogens is 2. The van der Waals surface area contributed by atoms with Gasteiger partial charge in [0.15, 0.2) is 22.5 Å². The van der Waals surface area contributed by atoms with Gasteiger partial charge >= 0.3 is 0 Å². The van der Waals surface area contributed by atoms with E-state index in [9.17, 15) is 8.78 Å². The predicted octanol–water partition coefficient (Wildman–Crippen LogP) is 3.74. The molecule has 1 saturated carbocycles. The molecule has 0 bridgehead atoms. The highest BCUT2D eigenvalue weighted by Crippen LogP contribution is 2.39. The highest BCUT2D eigenvalue weighted by Gasteiger charge is 2.35. The first-order chi connectivity index (χ1) is 13.9. The molecule has 0 amide bonds. The Bertz CT molecular complexity index is 847. The largest absolute Gasteiger partial charge is 0.490 e. The summed E-state index contributed by atoms with van der Waals surface area (Å²) in [5.41, 5.74) is 0.904. The molecule has 2 aliphatic rings. The number of rotatable bonds is 5. The molecule has 158 valence electrons. The van der Waals surface area contributed by atoms with E-state index in [-0.39, 0.29) is 18.9 Å². The molecule has 1 saturated heterocycles. The second kappa shape index (κ2) is 8.35. The number of methoxy groups -OCH3 is 1. The molecule has 3 heterocycles. The van der Waals surface area contributed by atoms with E-state index in [2.05, 4.69) is 20.2 Å². The first kappa shape index (κ1) is 20.2. The normalized spacial score (nSPS) is 19.9. The van der Waals surface area contributed by atoms with Crippen LogP contribution in [-0.4, -0.2) is 60.3 Å². The van der Waals surface area contributed by atoms with Gasteiger partial charge in [-0.2, -0.15) is 0 Å². The molecule has 0 spiro atoms. The SMILES string of the molecule is COc1c(NC2CCC(F)(F)CC2)nc(-c2nc(C)cs2)nc1N1CCOCC1. The zero-order chi connectivity index (χ0) is 20.4. The molecule has 1 N–H and O–H groups in total. The standard InChI is InChI=1S/C19H25F2N5O2S/c1-12-11-29-18(22-12)16-24-15(23-13-3-5-19(20,21)6-4-13)14(27-2)17(25-16)26-7-9-28-10-8-26/h11,13H,3-10H2,1-2H3,(H,23,24,25). The fraction of sp³-hybridized carbons (Fsp3) is 0.632. The zero-order valence-electron chi connectivity index (χ0n) is 16.6. The molecular formula is C19H25F2N5O2S. The van der Waals surface area contributed by atoms with E-state index >= 15 is 0 Å². The lowest BCUT2D eigenvalue weighted by molar-refractivity contribution is -0.0361. The third-order valence-electron chi connectivity index (χ3n) is 5.23. The number of morpholine rings is 1. The third-order valence-corrected chi connectivity index (χ3v) is 6.19. The van der Waals surface area contributed by atoms with E-state index < -0.39 is 5.92 Å². The Balaban J connectivity index is 1.69. The fourth-order valence-electron chi connectivity index (χ4n) is 3.64. The van der Waals surface area contributed by atoms with Gasteiger partial charge in [0.2, 0.25) is 11.7 Å². The maximum Gasteiger partial charge on any atom is 0.248 e. The van der Waals surface area contributed by atoms with Crippen molar-refractivity contribution in [3.8, 4) is 16.6 Å². The number of aromatic nitrogens is 3. The van der Waals surface area contributed by atoms with Crippen molar-refractivity contribution in [3.05, 3.63) is 11.1 Å². The summed E-state index contributed by atoms with van der Waals surface area (Å²) in [7, 11) is 1.58. The van der Waals surface area contributed by atoms with Crippen molar-refractivity contribution in [1.29, 1.82) is 0 Å².